The number of aldehydes is 1. The molecule has 6 rings (SSSR count). The van der Waals surface area contributed by atoms with Gasteiger partial charge in [0.15, 0.2) is 29.5 Å². The first kappa shape index (κ1) is 22.1. The van der Waals surface area contributed by atoms with Crippen LogP contribution in [-0.4, -0.2) is 59.7 Å². The van der Waals surface area contributed by atoms with Crippen LogP contribution in [0.5, 0.6) is 23.1 Å². The number of anilines is 1. The molecule has 0 aliphatic carbocycles. The minimum atomic E-state index is -0.333. The van der Waals surface area contributed by atoms with Gasteiger partial charge in [0, 0.05) is 42.7 Å². The van der Waals surface area contributed by atoms with E-state index in [1.807, 2.05) is 22.8 Å². The topological polar surface area (TPSA) is 101 Å². The highest BCUT2D eigenvalue weighted by molar-refractivity contribution is 5.82. The Labute approximate surface area is 207 Å². The lowest BCUT2D eigenvalue weighted by Crippen LogP contribution is -2.38. The van der Waals surface area contributed by atoms with Gasteiger partial charge in [-0.1, -0.05) is 0 Å². The standard InChI is InChI=1S/C26H25N5O5/c1-33-21-7-16(12-31-15-29-19-6-17(13-32)10-28-26(19)31)8-22-25(21)36-23(14-35-22)18-11-27-24(34-2)9-20(18)30-4-3-5-30/h6-11,13,15,23H,3-5,12,14H2,1-2H3. The van der Waals surface area contributed by atoms with E-state index < -0.39 is 0 Å². The van der Waals surface area contributed by atoms with Crippen LogP contribution in [0, 0.1) is 0 Å². The Kier molecular flexibility index (Phi) is 5.55. The molecular formula is C26H25N5O5. The fourth-order valence-corrected chi connectivity index (χ4v) is 4.56. The lowest BCUT2D eigenvalue weighted by molar-refractivity contribution is 0.0868. The largest absolute Gasteiger partial charge is 0.493 e. The second-order valence-electron chi connectivity index (χ2n) is 8.77. The van der Waals surface area contributed by atoms with E-state index in [2.05, 4.69) is 19.9 Å². The molecule has 1 fully saturated rings. The quantitative estimate of drug-likeness (QED) is 0.363. The van der Waals surface area contributed by atoms with Crippen LogP contribution >= 0.6 is 0 Å². The Morgan fingerprint density at radius 2 is 1.97 bits per heavy atom. The second-order valence-corrected chi connectivity index (χ2v) is 8.77. The third-order valence-electron chi connectivity index (χ3n) is 6.56. The normalized spacial score (nSPS) is 16.5. The highest BCUT2D eigenvalue weighted by Gasteiger charge is 2.31. The number of pyridine rings is 2. The van der Waals surface area contributed by atoms with Gasteiger partial charge >= 0.3 is 0 Å². The van der Waals surface area contributed by atoms with E-state index in [-0.39, 0.29) is 6.10 Å². The third kappa shape index (κ3) is 3.84. The number of nitrogens with zero attached hydrogens (tertiary/aromatic N) is 5. The highest BCUT2D eigenvalue weighted by atomic mass is 16.6. The van der Waals surface area contributed by atoms with Crippen molar-refractivity contribution in [2.45, 2.75) is 19.1 Å². The van der Waals surface area contributed by atoms with Crippen molar-refractivity contribution in [1.82, 2.24) is 19.5 Å². The Hall–Kier alpha value is -4.34. The van der Waals surface area contributed by atoms with Crippen LogP contribution in [-0.2, 0) is 6.54 Å². The molecule has 2 aliphatic rings. The predicted octanol–water partition coefficient (Wildman–Crippen LogP) is 3.43. The summed E-state index contributed by atoms with van der Waals surface area (Å²) in [5.41, 5.74) is 4.81. The minimum Gasteiger partial charge on any atom is -0.493 e. The second kappa shape index (κ2) is 9.03. The molecule has 2 aliphatic heterocycles. The van der Waals surface area contributed by atoms with Crippen LogP contribution in [0.1, 0.15) is 34.0 Å². The lowest BCUT2D eigenvalue weighted by atomic mass is 10.0. The zero-order valence-electron chi connectivity index (χ0n) is 20.0. The van der Waals surface area contributed by atoms with Gasteiger partial charge in [0.25, 0.3) is 0 Å². The van der Waals surface area contributed by atoms with Crippen LogP contribution in [0.4, 0.5) is 5.69 Å². The summed E-state index contributed by atoms with van der Waals surface area (Å²) in [5.74, 6) is 2.34. The van der Waals surface area contributed by atoms with Crippen molar-refractivity contribution < 1.29 is 23.7 Å². The van der Waals surface area contributed by atoms with E-state index in [1.54, 1.807) is 39.0 Å². The molecule has 1 atom stereocenters. The van der Waals surface area contributed by atoms with Crippen LogP contribution < -0.4 is 23.8 Å². The molecule has 0 N–H and O–H groups in total. The molecule has 5 heterocycles. The number of imidazole rings is 1. The smallest absolute Gasteiger partial charge is 0.215 e. The molecular weight excluding hydrogens is 462 g/mol. The van der Waals surface area contributed by atoms with Crippen LogP contribution in [0.2, 0.25) is 0 Å². The lowest BCUT2D eigenvalue weighted by Gasteiger charge is -2.37. The van der Waals surface area contributed by atoms with E-state index in [9.17, 15) is 4.79 Å². The molecule has 0 spiro atoms. The molecule has 1 unspecified atom stereocenters. The maximum atomic E-state index is 11.0. The van der Waals surface area contributed by atoms with Crippen LogP contribution in [0.25, 0.3) is 11.2 Å². The molecule has 10 nitrogen and oxygen atoms in total. The number of fused-ring (bicyclic) bond motifs is 2. The molecule has 36 heavy (non-hydrogen) atoms. The molecule has 0 bridgehead atoms. The minimum absolute atomic E-state index is 0.333. The van der Waals surface area contributed by atoms with Crippen molar-refractivity contribution in [3.8, 4) is 23.1 Å². The Morgan fingerprint density at radius 1 is 1.08 bits per heavy atom. The van der Waals surface area contributed by atoms with Gasteiger partial charge in [0.05, 0.1) is 32.8 Å². The zero-order valence-corrected chi connectivity index (χ0v) is 20.0. The average Bonchev–Trinajstić information content (AvgIpc) is 3.28. The van der Waals surface area contributed by atoms with Gasteiger partial charge in [0.1, 0.15) is 12.1 Å². The van der Waals surface area contributed by atoms with E-state index in [0.29, 0.717) is 53.0 Å². The Morgan fingerprint density at radius 3 is 2.72 bits per heavy atom. The summed E-state index contributed by atoms with van der Waals surface area (Å²) in [6, 6.07) is 7.55. The van der Waals surface area contributed by atoms with Gasteiger partial charge in [-0.15, -0.1) is 0 Å². The van der Waals surface area contributed by atoms with Crippen LogP contribution in [0.3, 0.4) is 0 Å². The number of carbonyl (C=O) groups is 1. The monoisotopic (exact) mass is 487 g/mol. The van der Waals surface area contributed by atoms with Gasteiger partial charge in [-0.2, -0.15) is 0 Å². The van der Waals surface area contributed by atoms with Gasteiger partial charge in [-0.05, 0) is 30.2 Å². The number of aromatic nitrogens is 4. The maximum absolute atomic E-state index is 11.0. The molecule has 0 radical (unpaired) electrons. The van der Waals surface area contributed by atoms with Gasteiger partial charge in [0.2, 0.25) is 11.6 Å². The van der Waals surface area contributed by atoms with Crippen molar-refractivity contribution >= 4 is 23.1 Å². The average molecular weight is 488 g/mol. The number of benzene rings is 1. The molecule has 1 aromatic carbocycles. The number of rotatable bonds is 7. The SMILES string of the molecule is COc1cc(N2CCC2)c(C2COc3cc(Cn4cnc5cc(C=O)cnc54)cc(OC)c3O2)cn1. The van der Waals surface area contributed by atoms with Crippen molar-refractivity contribution in [2.75, 3.05) is 38.8 Å². The highest BCUT2D eigenvalue weighted by Crippen LogP contribution is 2.46. The van der Waals surface area contributed by atoms with Gasteiger partial charge < -0.3 is 28.4 Å². The molecule has 4 aromatic rings. The predicted molar refractivity (Wildman–Crippen MR) is 131 cm³/mol. The fraction of sp³-hybridized carbons (Fsp3) is 0.308. The number of carbonyl (C=O) groups excluding carboxylic acids is 1. The number of ether oxygens (including phenoxy) is 4. The summed E-state index contributed by atoms with van der Waals surface area (Å²) < 4.78 is 25.6. The van der Waals surface area contributed by atoms with Crippen molar-refractivity contribution in [2.24, 2.45) is 0 Å². The van der Waals surface area contributed by atoms with Crippen molar-refractivity contribution in [3.05, 3.63) is 59.7 Å². The summed E-state index contributed by atoms with van der Waals surface area (Å²) in [7, 11) is 3.23. The zero-order chi connectivity index (χ0) is 24.6. The number of hydrogen-bond acceptors (Lipinski definition) is 9. The Bertz CT molecular complexity index is 1430. The molecule has 184 valence electrons. The fourth-order valence-electron chi connectivity index (χ4n) is 4.56. The van der Waals surface area contributed by atoms with Gasteiger partial charge in [-0.3, -0.25) is 4.79 Å². The number of hydrogen-bond donors (Lipinski definition) is 0. The summed E-state index contributed by atoms with van der Waals surface area (Å²) in [5, 5.41) is 0. The summed E-state index contributed by atoms with van der Waals surface area (Å²) in [6.45, 7) is 2.83. The molecule has 10 heteroatoms. The number of methoxy groups -OCH3 is 2. The van der Waals surface area contributed by atoms with E-state index in [1.165, 1.54) is 0 Å². The maximum Gasteiger partial charge on any atom is 0.215 e. The summed E-state index contributed by atoms with van der Waals surface area (Å²) in [4.78, 5) is 26.5. The molecule has 1 saturated heterocycles. The summed E-state index contributed by atoms with van der Waals surface area (Å²) >= 11 is 0. The third-order valence-corrected chi connectivity index (χ3v) is 6.56. The van der Waals surface area contributed by atoms with Crippen molar-refractivity contribution in [3.63, 3.8) is 0 Å². The first-order valence-electron chi connectivity index (χ1n) is 11.7. The summed E-state index contributed by atoms with van der Waals surface area (Å²) in [6.07, 6.45) is 6.64. The first-order valence-corrected chi connectivity index (χ1v) is 11.7. The van der Waals surface area contributed by atoms with Crippen molar-refractivity contribution in [1.29, 1.82) is 0 Å². The molecule has 0 amide bonds. The Balaban J connectivity index is 1.29. The molecule has 3 aromatic heterocycles. The van der Waals surface area contributed by atoms with E-state index in [0.717, 1.165) is 42.6 Å². The van der Waals surface area contributed by atoms with Crippen LogP contribution in [0.15, 0.2) is 43.0 Å². The molecule has 0 saturated carbocycles. The van der Waals surface area contributed by atoms with E-state index in [4.69, 9.17) is 18.9 Å². The first-order chi connectivity index (χ1) is 17.7. The van der Waals surface area contributed by atoms with E-state index >= 15 is 0 Å². The van der Waals surface area contributed by atoms with Gasteiger partial charge in [-0.25, -0.2) is 15.0 Å².